The van der Waals surface area contributed by atoms with Crippen molar-refractivity contribution >= 4 is 25.7 Å². The van der Waals surface area contributed by atoms with Crippen molar-refractivity contribution in [3.63, 3.8) is 0 Å². The number of alkyl halides is 3. The van der Waals surface area contributed by atoms with Crippen molar-refractivity contribution < 1.29 is 13.2 Å². The zero-order chi connectivity index (χ0) is 10.8. The smallest absolute Gasteiger partial charge is 0.166 e. The fraction of sp³-hybridized carbons (Fsp3) is 0.222. The Hall–Kier alpha value is -0.480. The molecule has 0 amide bonds. The van der Waals surface area contributed by atoms with Crippen LogP contribution in [0.4, 0.5) is 13.2 Å². The van der Waals surface area contributed by atoms with Gasteiger partial charge in [0.05, 0.1) is 5.56 Å². The summed E-state index contributed by atoms with van der Waals surface area (Å²) in [6.45, 7) is 1.77. The molecule has 0 saturated heterocycles. The van der Waals surface area contributed by atoms with Crippen LogP contribution < -0.4 is 0 Å². The summed E-state index contributed by atoms with van der Waals surface area (Å²) >= 11 is 0. The second-order valence-electron chi connectivity index (χ2n) is 2.54. The van der Waals surface area contributed by atoms with Crippen molar-refractivity contribution in [1.29, 1.82) is 0 Å². The first-order valence-electron chi connectivity index (χ1n) is 3.81. The minimum absolute atomic E-state index is 0.596. The van der Waals surface area contributed by atoms with Crippen LogP contribution in [0.25, 0.3) is 0 Å². The number of hydrogen-bond donors (Lipinski definition) is 0. The number of hydrogen-bond acceptors (Lipinski definition) is 0. The molecular weight excluding hydrogens is 233 g/mol. The predicted octanol–water partition coefficient (Wildman–Crippen LogP) is 4.31. The van der Waals surface area contributed by atoms with Gasteiger partial charge in [0, 0.05) is 4.90 Å². The largest absolute Gasteiger partial charge is 0.416 e. The highest BCUT2D eigenvalue weighted by atomic mass is 35.7. The molecule has 0 heterocycles. The highest BCUT2D eigenvalue weighted by Crippen LogP contribution is 2.34. The summed E-state index contributed by atoms with van der Waals surface area (Å²) in [5.74, 6) is 0. The van der Waals surface area contributed by atoms with Crippen molar-refractivity contribution in [3.05, 3.63) is 29.8 Å². The van der Waals surface area contributed by atoms with E-state index in [2.05, 4.69) is 0 Å². The molecule has 0 saturated carbocycles. The Morgan fingerprint density at radius 2 is 1.71 bits per heavy atom. The van der Waals surface area contributed by atoms with Gasteiger partial charge in [-0.1, -0.05) is 9.70 Å². The molecule has 0 aliphatic heterocycles. The van der Waals surface area contributed by atoms with Gasteiger partial charge in [0.2, 0.25) is 0 Å². The van der Waals surface area contributed by atoms with Crippen LogP contribution in [0.1, 0.15) is 12.5 Å². The SMILES string of the molecule is C/C=S(\Cl)c1ccc(C(F)(F)F)cc1. The van der Waals surface area contributed by atoms with Gasteiger partial charge in [-0.05, 0) is 47.2 Å². The van der Waals surface area contributed by atoms with Gasteiger partial charge in [-0.25, -0.2) is 0 Å². The van der Waals surface area contributed by atoms with Crippen LogP contribution in [-0.4, -0.2) is 5.37 Å². The standard InChI is InChI=1S/C9H8ClF3S/c1-2-14(10)8-5-3-7(4-6-8)9(11,12)13/h2-6H,1H3. The van der Waals surface area contributed by atoms with E-state index in [0.717, 1.165) is 12.1 Å². The zero-order valence-electron chi connectivity index (χ0n) is 7.31. The summed E-state index contributed by atoms with van der Waals surface area (Å²) in [6.07, 6.45) is -4.28. The van der Waals surface area contributed by atoms with Crippen LogP contribution in [0.5, 0.6) is 0 Å². The Labute approximate surface area is 87.1 Å². The van der Waals surface area contributed by atoms with Crippen molar-refractivity contribution in [3.8, 4) is 0 Å². The first kappa shape index (κ1) is 11.6. The molecule has 1 aromatic rings. The van der Waals surface area contributed by atoms with E-state index < -0.39 is 21.4 Å². The van der Waals surface area contributed by atoms with Gasteiger partial charge < -0.3 is 0 Å². The van der Waals surface area contributed by atoms with Crippen LogP contribution in [0, 0.1) is 0 Å². The van der Waals surface area contributed by atoms with E-state index in [1.54, 1.807) is 12.3 Å². The van der Waals surface area contributed by atoms with Gasteiger partial charge in [-0.15, -0.1) is 0 Å². The minimum Gasteiger partial charge on any atom is -0.166 e. The molecule has 78 valence electrons. The van der Waals surface area contributed by atoms with Gasteiger partial charge in [0.15, 0.2) is 0 Å². The molecule has 5 heteroatoms. The van der Waals surface area contributed by atoms with E-state index in [-0.39, 0.29) is 0 Å². The first-order chi connectivity index (χ1) is 6.45. The Morgan fingerprint density at radius 3 is 2.07 bits per heavy atom. The highest BCUT2D eigenvalue weighted by molar-refractivity contribution is 8.34. The van der Waals surface area contributed by atoms with E-state index in [9.17, 15) is 13.2 Å². The molecule has 1 aromatic carbocycles. The Bertz CT molecular complexity index is 340. The molecule has 0 spiro atoms. The van der Waals surface area contributed by atoms with Crippen molar-refractivity contribution in [2.75, 3.05) is 0 Å². The molecule has 1 atom stereocenters. The molecule has 0 aliphatic carbocycles. The molecule has 0 aromatic heterocycles. The molecule has 1 rings (SSSR count). The Balaban J connectivity index is 3.01. The molecule has 0 radical (unpaired) electrons. The Morgan fingerprint density at radius 1 is 1.21 bits per heavy atom. The average molecular weight is 241 g/mol. The van der Waals surface area contributed by atoms with E-state index in [1.165, 1.54) is 12.1 Å². The molecule has 0 aliphatic rings. The molecular formula is C9H8ClF3S. The fourth-order valence-electron chi connectivity index (χ4n) is 0.910. The third-order valence-electron chi connectivity index (χ3n) is 1.61. The maximum Gasteiger partial charge on any atom is 0.416 e. The van der Waals surface area contributed by atoms with E-state index >= 15 is 0 Å². The molecule has 0 N–H and O–H groups in total. The maximum absolute atomic E-state index is 12.2. The topological polar surface area (TPSA) is 0 Å². The second-order valence-corrected chi connectivity index (χ2v) is 5.05. The molecule has 0 nitrogen and oxygen atoms in total. The number of halogens is 4. The summed E-state index contributed by atoms with van der Waals surface area (Å²) < 4.78 is 36.5. The minimum atomic E-state index is -4.28. The van der Waals surface area contributed by atoms with Crippen LogP contribution in [0.3, 0.4) is 0 Å². The van der Waals surface area contributed by atoms with Gasteiger partial charge in [0.25, 0.3) is 0 Å². The summed E-state index contributed by atoms with van der Waals surface area (Å²) in [5, 5.41) is 1.74. The molecule has 1 unspecified atom stereocenters. The lowest BCUT2D eigenvalue weighted by Gasteiger charge is -2.07. The van der Waals surface area contributed by atoms with Crippen LogP contribution in [0.2, 0.25) is 0 Å². The van der Waals surface area contributed by atoms with Gasteiger partial charge >= 0.3 is 6.18 Å². The van der Waals surface area contributed by atoms with Crippen molar-refractivity contribution in [2.45, 2.75) is 18.0 Å². The summed E-state index contributed by atoms with van der Waals surface area (Å²) in [6, 6.07) is 4.89. The lowest BCUT2D eigenvalue weighted by atomic mass is 10.2. The summed E-state index contributed by atoms with van der Waals surface area (Å²) in [5.41, 5.74) is -0.647. The molecule has 14 heavy (non-hydrogen) atoms. The number of rotatable bonds is 1. The first-order valence-corrected chi connectivity index (χ1v) is 5.92. The Kier molecular flexibility index (Phi) is 3.61. The average Bonchev–Trinajstić information content (AvgIpc) is 2.15. The van der Waals surface area contributed by atoms with Gasteiger partial charge in [0.1, 0.15) is 0 Å². The van der Waals surface area contributed by atoms with E-state index in [0.29, 0.717) is 4.90 Å². The van der Waals surface area contributed by atoms with Crippen molar-refractivity contribution in [2.24, 2.45) is 0 Å². The van der Waals surface area contributed by atoms with Crippen LogP contribution in [0.15, 0.2) is 29.2 Å². The zero-order valence-corrected chi connectivity index (χ0v) is 8.88. The number of benzene rings is 1. The summed E-state index contributed by atoms with van der Waals surface area (Å²) in [4.78, 5) is 0.696. The van der Waals surface area contributed by atoms with E-state index in [4.69, 9.17) is 10.7 Å². The third kappa shape index (κ3) is 2.75. The lowest BCUT2D eigenvalue weighted by molar-refractivity contribution is -0.137. The quantitative estimate of drug-likeness (QED) is 0.642. The fourth-order valence-corrected chi connectivity index (χ4v) is 1.89. The van der Waals surface area contributed by atoms with E-state index in [1.807, 2.05) is 0 Å². The van der Waals surface area contributed by atoms with Gasteiger partial charge in [-0.2, -0.15) is 13.2 Å². The highest BCUT2D eigenvalue weighted by Gasteiger charge is 2.29. The third-order valence-corrected chi connectivity index (χ3v) is 3.82. The lowest BCUT2D eigenvalue weighted by Crippen LogP contribution is -2.03. The van der Waals surface area contributed by atoms with Gasteiger partial charge in [-0.3, -0.25) is 0 Å². The molecule has 0 bridgehead atoms. The van der Waals surface area contributed by atoms with Crippen molar-refractivity contribution in [1.82, 2.24) is 0 Å². The molecule has 0 fully saturated rings. The predicted molar refractivity (Wildman–Crippen MR) is 54.9 cm³/mol. The normalized spacial score (nSPS) is 14.4. The maximum atomic E-state index is 12.2. The summed E-state index contributed by atoms with van der Waals surface area (Å²) in [7, 11) is 5.25. The van der Waals surface area contributed by atoms with Crippen LogP contribution >= 0.6 is 20.4 Å². The monoisotopic (exact) mass is 240 g/mol. The second kappa shape index (κ2) is 4.36. The van der Waals surface area contributed by atoms with Crippen LogP contribution in [-0.2, 0) is 6.18 Å².